The molecule has 0 spiro atoms. The maximum absolute atomic E-state index is 13.2. The monoisotopic (exact) mass is 431 g/mol. The summed E-state index contributed by atoms with van der Waals surface area (Å²) in [6, 6.07) is 16.2. The number of rotatable bonds is 5. The van der Waals surface area contributed by atoms with E-state index in [9.17, 15) is 9.59 Å². The van der Waals surface area contributed by atoms with E-state index in [1.165, 1.54) is 27.8 Å². The van der Waals surface area contributed by atoms with E-state index in [1.807, 2.05) is 56.3 Å². The lowest BCUT2D eigenvalue weighted by Gasteiger charge is -2.19. The van der Waals surface area contributed by atoms with Crippen LogP contribution >= 0.6 is 11.3 Å². The lowest BCUT2D eigenvalue weighted by Crippen LogP contribution is -2.33. The zero-order valence-corrected chi connectivity index (χ0v) is 19.0. The van der Waals surface area contributed by atoms with Crippen LogP contribution in [0.2, 0.25) is 0 Å². The summed E-state index contributed by atoms with van der Waals surface area (Å²) in [5.74, 6) is -0.126. The molecule has 4 aromatic rings. The number of fused-ring (bicyclic) bond motifs is 1. The van der Waals surface area contributed by atoms with Gasteiger partial charge in [-0.15, -0.1) is 11.3 Å². The van der Waals surface area contributed by atoms with Gasteiger partial charge in [-0.1, -0.05) is 54.1 Å². The van der Waals surface area contributed by atoms with E-state index in [0.717, 1.165) is 27.1 Å². The third-order valence-electron chi connectivity index (χ3n) is 5.59. The summed E-state index contributed by atoms with van der Waals surface area (Å²) in [6.45, 7) is 6.52. The third-order valence-corrected chi connectivity index (χ3v) is 6.84. The molecule has 158 valence electrons. The first-order valence-corrected chi connectivity index (χ1v) is 11.0. The molecule has 0 aliphatic carbocycles. The quantitative estimate of drug-likeness (QED) is 0.460. The van der Waals surface area contributed by atoms with Crippen molar-refractivity contribution >= 4 is 27.5 Å². The van der Waals surface area contributed by atoms with E-state index in [2.05, 4.69) is 18.0 Å². The first-order valence-electron chi connectivity index (χ1n) is 10.2. The second-order valence-electron chi connectivity index (χ2n) is 7.96. The van der Waals surface area contributed by atoms with E-state index >= 15 is 0 Å². The number of nitrogens with zero attached hydrogens (tertiary/aromatic N) is 3. The van der Waals surface area contributed by atoms with Gasteiger partial charge in [0.05, 0.1) is 11.7 Å². The Morgan fingerprint density at radius 2 is 1.84 bits per heavy atom. The molecule has 0 saturated heterocycles. The lowest BCUT2D eigenvalue weighted by molar-refractivity contribution is -0.131. The Bertz CT molecular complexity index is 1320. The molecule has 2 heterocycles. The minimum atomic E-state index is -0.172. The second kappa shape index (κ2) is 8.47. The molecule has 1 amide bonds. The Morgan fingerprint density at radius 1 is 1.10 bits per heavy atom. The van der Waals surface area contributed by atoms with Crippen molar-refractivity contribution in [1.82, 2.24) is 14.5 Å². The molecule has 0 unspecified atom stereocenters. The summed E-state index contributed by atoms with van der Waals surface area (Å²) in [7, 11) is 1.77. The Morgan fingerprint density at radius 3 is 2.55 bits per heavy atom. The first kappa shape index (κ1) is 21.0. The smallest absolute Gasteiger partial charge is 0.262 e. The second-order valence-corrected chi connectivity index (χ2v) is 8.96. The van der Waals surface area contributed by atoms with Crippen molar-refractivity contribution in [3.63, 3.8) is 0 Å². The number of hydrogen-bond acceptors (Lipinski definition) is 4. The maximum Gasteiger partial charge on any atom is 0.262 e. The number of benzene rings is 2. The van der Waals surface area contributed by atoms with Crippen LogP contribution in [0.25, 0.3) is 20.7 Å². The SMILES string of the molecule is Cc1ccc(CN(C)C(=O)Cn2cnc3sc(-c4ccccc4)c(C)c3c2=O)c(C)c1. The molecule has 31 heavy (non-hydrogen) atoms. The average Bonchev–Trinajstić information content (AvgIpc) is 3.09. The highest BCUT2D eigenvalue weighted by Crippen LogP contribution is 2.35. The molecule has 2 aromatic carbocycles. The molecule has 0 bridgehead atoms. The van der Waals surface area contributed by atoms with Crippen molar-refractivity contribution in [2.75, 3.05) is 7.05 Å². The topological polar surface area (TPSA) is 55.2 Å². The fourth-order valence-electron chi connectivity index (χ4n) is 3.77. The normalized spacial score (nSPS) is 11.1. The summed E-state index contributed by atoms with van der Waals surface area (Å²) in [4.78, 5) is 33.9. The molecular formula is C25H25N3O2S. The minimum Gasteiger partial charge on any atom is -0.340 e. The van der Waals surface area contributed by atoms with Gasteiger partial charge in [0.15, 0.2) is 0 Å². The van der Waals surface area contributed by atoms with Crippen LogP contribution in [0, 0.1) is 20.8 Å². The molecule has 5 nitrogen and oxygen atoms in total. The van der Waals surface area contributed by atoms with Crippen molar-refractivity contribution in [3.05, 3.63) is 87.5 Å². The molecule has 2 aromatic heterocycles. The first-order chi connectivity index (χ1) is 14.8. The largest absolute Gasteiger partial charge is 0.340 e. The van der Waals surface area contributed by atoms with E-state index in [4.69, 9.17) is 0 Å². The van der Waals surface area contributed by atoms with Crippen molar-refractivity contribution in [1.29, 1.82) is 0 Å². The summed E-state index contributed by atoms with van der Waals surface area (Å²) in [5, 5.41) is 0.594. The number of aryl methyl sites for hydroxylation is 3. The molecule has 0 atom stereocenters. The number of thiophene rings is 1. The van der Waals surface area contributed by atoms with Crippen LogP contribution in [0.3, 0.4) is 0 Å². The number of carbonyl (C=O) groups excluding carboxylic acids is 1. The molecular weight excluding hydrogens is 406 g/mol. The van der Waals surface area contributed by atoms with Gasteiger partial charge in [0, 0.05) is 18.5 Å². The maximum atomic E-state index is 13.2. The van der Waals surface area contributed by atoms with Crippen LogP contribution in [0.5, 0.6) is 0 Å². The van der Waals surface area contributed by atoms with E-state index < -0.39 is 0 Å². The summed E-state index contributed by atoms with van der Waals surface area (Å²) in [5.41, 5.74) is 5.26. The Labute approximate surface area is 185 Å². The number of likely N-dealkylation sites (N-methyl/N-ethyl adjacent to an activating group) is 1. The number of carbonyl (C=O) groups is 1. The molecule has 0 aliphatic rings. The fraction of sp³-hybridized carbons (Fsp3) is 0.240. The third kappa shape index (κ3) is 4.16. The van der Waals surface area contributed by atoms with E-state index in [1.54, 1.807) is 11.9 Å². The highest BCUT2D eigenvalue weighted by atomic mass is 32.1. The Kier molecular flexibility index (Phi) is 5.74. The van der Waals surface area contributed by atoms with E-state index in [0.29, 0.717) is 16.8 Å². The average molecular weight is 432 g/mol. The molecule has 6 heteroatoms. The van der Waals surface area contributed by atoms with Gasteiger partial charge in [0.2, 0.25) is 5.91 Å². The molecule has 0 N–H and O–H groups in total. The Hall–Kier alpha value is -3.25. The number of hydrogen-bond donors (Lipinski definition) is 0. The van der Waals surface area contributed by atoms with Gasteiger partial charge in [0.1, 0.15) is 11.4 Å². The van der Waals surface area contributed by atoms with Gasteiger partial charge < -0.3 is 4.90 Å². The van der Waals surface area contributed by atoms with Crippen LogP contribution in [0.15, 0.2) is 59.7 Å². The van der Waals surface area contributed by atoms with Crippen LogP contribution in [-0.2, 0) is 17.9 Å². The van der Waals surface area contributed by atoms with Crippen LogP contribution in [-0.4, -0.2) is 27.4 Å². The van der Waals surface area contributed by atoms with Gasteiger partial charge in [-0.2, -0.15) is 0 Å². The number of amides is 1. The predicted molar refractivity (Wildman–Crippen MR) is 126 cm³/mol. The predicted octanol–water partition coefficient (Wildman–Crippen LogP) is 4.71. The molecule has 0 fully saturated rings. The Balaban J connectivity index is 1.59. The fourth-order valence-corrected chi connectivity index (χ4v) is 4.91. The van der Waals surface area contributed by atoms with Crippen molar-refractivity contribution < 1.29 is 4.79 Å². The van der Waals surface area contributed by atoms with Crippen molar-refractivity contribution in [2.24, 2.45) is 0 Å². The van der Waals surface area contributed by atoms with Gasteiger partial charge in [-0.05, 0) is 43.0 Å². The van der Waals surface area contributed by atoms with Gasteiger partial charge in [-0.3, -0.25) is 14.2 Å². The van der Waals surface area contributed by atoms with Gasteiger partial charge in [-0.25, -0.2) is 4.98 Å². The summed E-state index contributed by atoms with van der Waals surface area (Å²) in [6.07, 6.45) is 1.48. The van der Waals surface area contributed by atoms with E-state index in [-0.39, 0.29) is 18.0 Å². The zero-order valence-electron chi connectivity index (χ0n) is 18.2. The summed E-state index contributed by atoms with van der Waals surface area (Å²) >= 11 is 1.51. The van der Waals surface area contributed by atoms with Crippen molar-refractivity contribution in [3.8, 4) is 10.4 Å². The van der Waals surface area contributed by atoms with Crippen LogP contribution in [0.4, 0.5) is 0 Å². The molecule has 0 aliphatic heterocycles. The van der Waals surface area contributed by atoms with Gasteiger partial charge >= 0.3 is 0 Å². The number of aromatic nitrogens is 2. The van der Waals surface area contributed by atoms with Crippen molar-refractivity contribution in [2.45, 2.75) is 33.9 Å². The van der Waals surface area contributed by atoms with Crippen LogP contribution < -0.4 is 5.56 Å². The standard InChI is InChI=1S/C25H25N3O2S/c1-16-10-11-20(17(2)12-16)13-27(4)21(29)14-28-15-26-24-22(25(28)30)18(3)23(31-24)19-8-6-5-7-9-19/h5-12,15H,13-14H2,1-4H3. The highest BCUT2D eigenvalue weighted by molar-refractivity contribution is 7.22. The lowest BCUT2D eigenvalue weighted by atomic mass is 10.1. The molecule has 0 radical (unpaired) electrons. The molecule has 4 rings (SSSR count). The van der Waals surface area contributed by atoms with Crippen LogP contribution in [0.1, 0.15) is 22.3 Å². The summed E-state index contributed by atoms with van der Waals surface area (Å²) < 4.78 is 1.41. The highest BCUT2D eigenvalue weighted by Gasteiger charge is 2.18. The molecule has 0 saturated carbocycles. The zero-order chi connectivity index (χ0) is 22.1. The minimum absolute atomic E-state index is 0.0286. The van der Waals surface area contributed by atoms with Gasteiger partial charge in [0.25, 0.3) is 5.56 Å².